The molecule has 0 heterocycles. The molecule has 3 nitrogen and oxygen atoms in total. The number of carboxylic acid groups (broad SMARTS) is 1. The molecule has 0 aliphatic rings. The predicted molar refractivity (Wildman–Crippen MR) is 70.3 cm³/mol. The number of rotatable bonds is 6. The number of hydrogen-bond acceptors (Lipinski definition) is 2. The molecule has 0 saturated heterocycles. The van der Waals surface area contributed by atoms with Crippen molar-refractivity contribution in [2.24, 2.45) is 5.41 Å². The smallest absolute Gasteiger partial charge is 0.310 e. The summed E-state index contributed by atoms with van der Waals surface area (Å²) in [5, 5.41) is 12.3. The molecule has 0 bridgehead atoms. The van der Waals surface area contributed by atoms with E-state index in [9.17, 15) is 4.79 Å². The fourth-order valence-electron chi connectivity index (χ4n) is 1.57. The van der Waals surface area contributed by atoms with Gasteiger partial charge < -0.3 is 10.4 Å². The van der Waals surface area contributed by atoms with Crippen molar-refractivity contribution in [3.05, 3.63) is 29.8 Å². The van der Waals surface area contributed by atoms with E-state index in [-0.39, 0.29) is 0 Å². The third-order valence-corrected chi connectivity index (χ3v) is 2.84. The van der Waals surface area contributed by atoms with E-state index in [2.05, 4.69) is 18.3 Å². The van der Waals surface area contributed by atoms with Crippen molar-refractivity contribution < 1.29 is 9.90 Å². The van der Waals surface area contributed by atoms with Gasteiger partial charge in [-0.15, -0.1) is 0 Å². The number of carboxylic acids is 1. The van der Waals surface area contributed by atoms with Crippen molar-refractivity contribution in [1.29, 1.82) is 0 Å². The Labute approximate surface area is 103 Å². The van der Waals surface area contributed by atoms with Gasteiger partial charge in [-0.2, -0.15) is 0 Å². The third kappa shape index (κ3) is 3.77. The Hall–Kier alpha value is -1.51. The van der Waals surface area contributed by atoms with E-state index in [1.165, 1.54) is 5.56 Å². The number of carbonyl (C=O) groups is 1. The monoisotopic (exact) mass is 235 g/mol. The normalized spacial score (nSPS) is 11.2. The minimum atomic E-state index is -0.780. The zero-order valence-electron chi connectivity index (χ0n) is 10.8. The molecule has 0 aliphatic carbocycles. The number of aryl methyl sites for hydroxylation is 1. The highest BCUT2D eigenvalue weighted by atomic mass is 16.4. The number of anilines is 1. The first-order chi connectivity index (χ1) is 7.97. The first-order valence-corrected chi connectivity index (χ1v) is 6.02. The Morgan fingerprint density at radius 2 is 2.00 bits per heavy atom. The lowest BCUT2D eigenvalue weighted by Crippen LogP contribution is -2.32. The van der Waals surface area contributed by atoms with Gasteiger partial charge in [-0.05, 0) is 31.9 Å². The van der Waals surface area contributed by atoms with E-state index in [4.69, 9.17) is 5.11 Å². The summed E-state index contributed by atoms with van der Waals surface area (Å²) in [7, 11) is 0. The van der Waals surface area contributed by atoms with Crippen molar-refractivity contribution in [2.75, 3.05) is 11.9 Å². The van der Waals surface area contributed by atoms with Gasteiger partial charge in [0, 0.05) is 12.2 Å². The lowest BCUT2D eigenvalue weighted by atomic mass is 9.93. The molecule has 0 atom stereocenters. The lowest BCUT2D eigenvalue weighted by molar-refractivity contribution is -0.146. The second-order valence-corrected chi connectivity index (χ2v) is 4.95. The molecule has 1 aromatic rings. The van der Waals surface area contributed by atoms with Gasteiger partial charge in [-0.25, -0.2) is 0 Å². The zero-order valence-corrected chi connectivity index (χ0v) is 10.8. The van der Waals surface area contributed by atoms with Gasteiger partial charge in [-0.1, -0.05) is 31.5 Å². The third-order valence-electron chi connectivity index (χ3n) is 2.84. The highest BCUT2D eigenvalue weighted by molar-refractivity contribution is 5.74. The number of hydrogen-bond donors (Lipinski definition) is 2. The highest BCUT2D eigenvalue weighted by Crippen LogP contribution is 2.20. The molecule has 0 aromatic heterocycles. The van der Waals surface area contributed by atoms with Crippen LogP contribution in [0.4, 0.5) is 5.69 Å². The molecular formula is C14H21NO2. The molecule has 94 valence electrons. The van der Waals surface area contributed by atoms with Crippen LogP contribution in [0.3, 0.4) is 0 Å². The molecule has 3 heteroatoms. The quantitative estimate of drug-likeness (QED) is 0.796. The maximum atomic E-state index is 11.0. The SMILES string of the molecule is CCCc1ccccc1NCC(C)(C)C(=O)O. The van der Waals surface area contributed by atoms with Crippen LogP contribution in [0.5, 0.6) is 0 Å². The number of para-hydroxylation sites is 1. The van der Waals surface area contributed by atoms with Crippen molar-refractivity contribution >= 4 is 11.7 Å². The fraction of sp³-hybridized carbons (Fsp3) is 0.500. The molecular weight excluding hydrogens is 214 g/mol. The summed E-state index contributed by atoms with van der Waals surface area (Å²) in [4.78, 5) is 11.0. The highest BCUT2D eigenvalue weighted by Gasteiger charge is 2.26. The van der Waals surface area contributed by atoms with Gasteiger partial charge in [0.05, 0.1) is 5.41 Å². The van der Waals surface area contributed by atoms with E-state index in [1.54, 1.807) is 13.8 Å². The van der Waals surface area contributed by atoms with Crippen LogP contribution >= 0.6 is 0 Å². The Morgan fingerprint density at radius 3 is 2.59 bits per heavy atom. The predicted octanol–water partition coefficient (Wildman–Crippen LogP) is 3.16. The molecule has 0 radical (unpaired) electrons. The molecule has 17 heavy (non-hydrogen) atoms. The van der Waals surface area contributed by atoms with Crippen LogP contribution in [0.15, 0.2) is 24.3 Å². The fourth-order valence-corrected chi connectivity index (χ4v) is 1.57. The van der Waals surface area contributed by atoms with E-state index >= 15 is 0 Å². The van der Waals surface area contributed by atoms with Crippen LogP contribution in [0, 0.1) is 5.41 Å². The van der Waals surface area contributed by atoms with Crippen molar-refractivity contribution in [2.45, 2.75) is 33.6 Å². The lowest BCUT2D eigenvalue weighted by Gasteiger charge is -2.21. The molecule has 0 unspecified atom stereocenters. The average Bonchev–Trinajstić information content (AvgIpc) is 2.28. The summed E-state index contributed by atoms with van der Waals surface area (Å²) in [6.07, 6.45) is 2.09. The maximum absolute atomic E-state index is 11.0. The average molecular weight is 235 g/mol. The summed E-state index contributed by atoms with van der Waals surface area (Å²) >= 11 is 0. The first kappa shape index (κ1) is 13.6. The molecule has 0 amide bonds. The molecule has 0 aliphatic heterocycles. The topological polar surface area (TPSA) is 49.3 Å². The van der Waals surface area contributed by atoms with E-state index in [0.29, 0.717) is 6.54 Å². The maximum Gasteiger partial charge on any atom is 0.310 e. The summed E-state index contributed by atoms with van der Waals surface area (Å²) in [6.45, 7) is 6.02. The summed E-state index contributed by atoms with van der Waals surface area (Å²) in [6, 6.07) is 8.07. The largest absolute Gasteiger partial charge is 0.481 e. The molecule has 0 spiro atoms. The van der Waals surface area contributed by atoms with Gasteiger partial charge in [0.15, 0.2) is 0 Å². The van der Waals surface area contributed by atoms with Gasteiger partial charge >= 0.3 is 5.97 Å². The Morgan fingerprint density at radius 1 is 1.35 bits per heavy atom. The van der Waals surface area contributed by atoms with Crippen LogP contribution in [-0.2, 0) is 11.2 Å². The number of nitrogens with one attached hydrogen (secondary N) is 1. The molecule has 2 N–H and O–H groups in total. The van der Waals surface area contributed by atoms with Gasteiger partial charge in [0.1, 0.15) is 0 Å². The van der Waals surface area contributed by atoms with Crippen LogP contribution in [-0.4, -0.2) is 17.6 Å². The standard InChI is InChI=1S/C14H21NO2/c1-4-7-11-8-5-6-9-12(11)15-10-14(2,3)13(16)17/h5-6,8-9,15H,4,7,10H2,1-3H3,(H,16,17). The van der Waals surface area contributed by atoms with Crippen molar-refractivity contribution in [3.63, 3.8) is 0 Å². The minimum Gasteiger partial charge on any atom is -0.481 e. The summed E-state index contributed by atoms with van der Waals surface area (Å²) in [5.41, 5.74) is 1.54. The van der Waals surface area contributed by atoms with Crippen LogP contribution in [0.2, 0.25) is 0 Å². The van der Waals surface area contributed by atoms with Crippen LogP contribution in [0.25, 0.3) is 0 Å². The van der Waals surface area contributed by atoms with E-state index in [0.717, 1.165) is 18.5 Å². The summed E-state index contributed by atoms with van der Waals surface area (Å²) in [5.74, 6) is -0.780. The second-order valence-electron chi connectivity index (χ2n) is 4.95. The van der Waals surface area contributed by atoms with Crippen molar-refractivity contribution in [1.82, 2.24) is 0 Å². The van der Waals surface area contributed by atoms with Crippen LogP contribution in [0.1, 0.15) is 32.8 Å². The van der Waals surface area contributed by atoms with E-state index in [1.807, 2.05) is 18.2 Å². The van der Waals surface area contributed by atoms with Gasteiger partial charge in [0.2, 0.25) is 0 Å². The van der Waals surface area contributed by atoms with Gasteiger partial charge in [0.25, 0.3) is 0 Å². The van der Waals surface area contributed by atoms with Crippen LogP contribution < -0.4 is 5.32 Å². The molecule has 0 fully saturated rings. The van der Waals surface area contributed by atoms with Gasteiger partial charge in [-0.3, -0.25) is 4.79 Å². The van der Waals surface area contributed by atoms with Crippen molar-refractivity contribution in [3.8, 4) is 0 Å². The second kappa shape index (κ2) is 5.71. The Bertz CT molecular complexity index is 386. The summed E-state index contributed by atoms with van der Waals surface area (Å²) < 4.78 is 0. The zero-order chi connectivity index (χ0) is 12.9. The minimum absolute atomic E-state index is 0.434. The molecule has 0 saturated carbocycles. The molecule has 1 aromatic carbocycles. The number of aliphatic carboxylic acids is 1. The first-order valence-electron chi connectivity index (χ1n) is 6.02. The Kier molecular flexibility index (Phi) is 4.55. The number of benzene rings is 1. The molecule has 1 rings (SSSR count). The van der Waals surface area contributed by atoms with E-state index < -0.39 is 11.4 Å². The Balaban J connectivity index is 2.72.